The number of hydrogen-bond acceptors (Lipinski definition) is 4. The van der Waals surface area contributed by atoms with Gasteiger partial charge in [0.25, 0.3) is 12.2 Å². The molecule has 0 spiro atoms. The lowest BCUT2D eigenvalue weighted by molar-refractivity contribution is 0.158. The van der Waals surface area contributed by atoms with Crippen molar-refractivity contribution in [2.24, 2.45) is 5.41 Å². The minimum absolute atomic E-state index is 0.0574. The lowest BCUT2D eigenvalue weighted by Crippen LogP contribution is -2.25. The molecule has 176 valence electrons. The predicted molar refractivity (Wildman–Crippen MR) is 123 cm³/mol. The summed E-state index contributed by atoms with van der Waals surface area (Å²) in [7, 11) is 0. The molecular formula is C25H23F4N5. The van der Waals surface area contributed by atoms with Crippen LogP contribution in [0.1, 0.15) is 38.1 Å². The summed E-state index contributed by atoms with van der Waals surface area (Å²) in [5.41, 5.74) is 2.26. The molecule has 0 saturated heterocycles. The first-order chi connectivity index (χ1) is 16.1. The number of halogens is 4. The van der Waals surface area contributed by atoms with Crippen molar-refractivity contribution in [2.75, 3.05) is 11.4 Å². The Morgan fingerprint density at radius 2 is 1.88 bits per heavy atom. The lowest BCUT2D eigenvalue weighted by Gasteiger charge is -2.26. The molecule has 34 heavy (non-hydrogen) atoms. The zero-order chi connectivity index (χ0) is 24.2. The van der Waals surface area contributed by atoms with Gasteiger partial charge in [-0.3, -0.25) is 4.40 Å². The van der Waals surface area contributed by atoms with E-state index in [1.165, 1.54) is 35.2 Å². The molecule has 0 N–H and O–H groups in total. The Morgan fingerprint density at radius 1 is 1.12 bits per heavy atom. The van der Waals surface area contributed by atoms with Crippen molar-refractivity contribution in [1.29, 1.82) is 0 Å². The van der Waals surface area contributed by atoms with E-state index in [0.717, 1.165) is 18.4 Å². The van der Waals surface area contributed by atoms with Gasteiger partial charge in [-0.15, -0.1) is 10.2 Å². The molecule has 0 aliphatic heterocycles. The molecule has 0 unspecified atom stereocenters. The van der Waals surface area contributed by atoms with Crippen LogP contribution in [0, 0.1) is 24.0 Å². The van der Waals surface area contributed by atoms with Gasteiger partial charge in [-0.1, -0.05) is 13.0 Å². The standard InChI is InChI=1S/C25H23F4N5/c1-14(12-25(3)6-7-25)16-8-18(27)10-19(9-16)33(13-22(28)29)23-20-11-17(26)4-5-21(20)34-15(2)31-32-24(34)30-23/h4-5,8-12,22H,6-7,13H2,1-3H3. The van der Waals surface area contributed by atoms with Gasteiger partial charge in [-0.25, -0.2) is 17.6 Å². The normalized spacial score (nSPS) is 15.5. The lowest BCUT2D eigenvalue weighted by atomic mass is 9.99. The Labute approximate surface area is 193 Å². The molecule has 2 aromatic heterocycles. The summed E-state index contributed by atoms with van der Waals surface area (Å²) in [6.07, 6.45) is 1.46. The highest BCUT2D eigenvalue weighted by molar-refractivity contribution is 5.94. The fourth-order valence-electron chi connectivity index (χ4n) is 4.31. The average Bonchev–Trinajstić information content (AvgIpc) is 3.38. The molecule has 1 fully saturated rings. The van der Waals surface area contributed by atoms with Gasteiger partial charge in [0, 0.05) is 11.1 Å². The number of allylic oxidation sites excluding steroid dienone is 2. The van der Waals surface area contributed by atoms with Crippen LogP contribution in [0.5, 0.6) is 0 Å². The van der Waals surface area contributed by atoms with Crippen LogP contribution >= 0.6 is 0 Å². The van der Waals surface area contributed by atoms with E-state index in [1.54, 1.807) is 17.4 Å². The predicted octanol–water partition coefficient (Wildman–Crippen LogP) is 6.47. The third-order valence-electron chi connectivity index (χ3n) is 6.28. The summed E-state index contributed by atoms with van der Waals surface area (Å²) in [4.78, 5) is 5.66. The summed E-state index contributed by atoms with van der Waals surface area (Å²) in [6, 6.07) is 8.26. The smallest absolute Gasteiger partial charge is 0.257 e. The zero-order valence-electron chi connectivity index (χ0n) is 19.0. The summed E-state index contributed by atoms with van der Waals surface area (Å²) < 4.78 is 58.2. The van der Waals surface area contributed by atoms with Crippen molar-refractivity contribution in [1.82, 2.24) is 19.6 Å². The minimum Gasteiger partial charge on any atom is -0.320 e. The highest BCUT2D eigenvalue weighted by Crippen LogP contribution is 2.48. The monoisotopic (exact) mass is 469 g/mol. The van der Waals surface area contributed by atoms with Crippen molar-refractivity contribution in [3.8, 4) is 0 Å². The maximum absolute atomic E-state index is 14.7. The maximum Gasteiger partial charge on any atom is 0.257 e. The molecule has 5 nitrogen and oxygen atoms in total. The maximum atomic E-state index is 14.7. The number of anilines is 2. The first kappa shape index (κ1) is 22.3. The van der Waals surface area contributed by atoms with E-state index in [2.05, 4.69) is 28.2 Å². The first-order valence-corrected chi connectivity index (χ1v) is 11.0. The van der Waals surface area contributed by atoms with E-state index >= 15 is 0 Å². The Hall–Kier alpha value is -3.49. The second-order valence-electron chi connectivity index (χ2n) is 9.16. The van der Waals surface area contributed by atoms with Gasteiger partial charge in [0.1, 0.15) is 23.3 Å². The van der Waals surface area contributed by atoms with Crippen LogP contribution in [0.2, 0.25) is 0 Å². The Balaban J connectivity index is 1.73. The van der Waals surface area contributed by atoms with Gasteiger partial charge in [-0.05, 0) is 79.6 Å². The van der Waals surface area contributed by atoms with Gasteiger partial charge >= 0.3 is 0 Å². The SMILES string of the molecule is CC(=CC1(C)CC1)c1cc(F)cc(N(CC(F)F)c2nc3nnc(C)n3c3ccc(F)cc23)c1. The number of aryl methyl sites for hydroxylation is 1. The number of nitrogens with zero attached hydrogens (tertiary/aromatic N) is 5. The van der Waals surface area contributed by atoms with Crippen LogP contribution < -0.4 is 4.90 Å². The molecular weight excluding hydrogens is 446 g/mol. The van der Waals surface area contributed by atoms with Crippen LogP contribution in [0.3, 0.4) is 0 Å². The fourth-order valence-corrected chi connectivity index (χ4v) is 4.31. The van der Waals surface area contributed by atoms with Gasteiger partial charge in [0.15, 0.2) is 0 Å². The van der Waals surface area contributed by atoms with E-state index in [4.69, 9.17) is 0 Å². The molecule has 9 heteroatoms. The summed E-state index contributed by atoms with van der Waals surface area (Å²) in [5.74, 6) is -0.347. The molecule has 2 aromatic carbocycles. The third kappa shape index (κ3) is 4.10. The van der Waals surface area contributed by atoms with Gasteiger partial charge < -0.3 is 4.90 Å². The van der Waals surface area contributed by atoms with Crippen LogP contribution in [-0.4, -0.2) is 32.6 Å². The molecule has 0 atom stereocenters. The van der Waals surface area contributed by atoms with Crippen molar-refractivity contribution in [3.05, 3.63) is 65.5 Å². The van der Waals surface area contributed by atoms with Gasteiger partial charge in [-0.2, -0.15) is 4.98 Å². The number of hydrogen-bond donors (Lipinski definition) is 0. The van der Waals surface area contributed by atoms with E-state index in [-0.39, 0.29) is 22.7 Å². The van der Waals surface area contributed by atoms with E-state index in [9.17, 15) is 17.6 Å². The number of alkyl halides is 2. The third-order valence-corrected chi connectivity index (χ3v) is 6.28. The van der Waals surface area contributed by atoms with Crippen molar-refractivity contribution < 1.29 is 17.6 Å². The van der Waals surface area contributed by atoms with Crippen molar-refractivity contribution in [3.63, 3.8) is 0 Å². The molecule has 1 saturated carbocycles. The fraction of sp³-hybridized carbons (Fsp3) is 0.320. The van der Waals surface area contributed by atoms with E-state index < -0.39 is 24.6 Å². The number of aromatic nitrogens is 4. The average molecular weight is 469 g/mol. The number of rotatable bonds is 6. The molecule has 0 radical (unpaired) electrons. The molecule has 0 bridgehead atoms. The summed E-state index contributed by atoms with van der Waals surface area (Å²) >= 11 is 0. The van der Waals surface area contributed by atoms with Crippen molar-refractivity contribution in [2.45, 2.75) is 40.0 Å². The molecule has 5 rings (SSSR count). The van der Waals surface area contributed by atoms with Crippen LogP contribution in [-0.2, 0) is 0 Å². The second kappa shape index (κ2) is 8.07. The second-order valence-corrected chi connectivity index (χ2v) is 9.16. The Morgan fingerprint density at radius 3 is 2.59 bits per heavy atom. The van der Waals surface area contributed by atoms with Crippen molar-refractivity contribution >= 4 is 33.8 Å². The number of fused-ring (bicyclic) bond motifs is 3. The molecule has 1 aliphatic carbocycles. The van der Waals surface area contributed by atoms with E-state index in [1.807, 2.05) is 6.92 Å². The van der Waals surface area contributed by atoms with Crippen LogP contribution in [0.4, 0.5) is 29.1 Å². The van der Waals surface area contributed by atoms with Gasteiger partial charge in [0.05, 0.1) is 12.1 Å². The minimum atomic E-state index is -2.75. The summed E-state index contributed by atoms with van der Waals surface area (Å²) in [6.45, 7) is 4.97. The quantitative estimate of drug-likeness (QED) is 0.304. The highest BCUT2D eigenvalue weighted by atomic mass is 19.3. The Bertz CT molecular complexity index is 1440. The highest BCUT2D eigenvalue weighted by Gasteiger charge is 2.35. The summed E-state index contributed by atoms with van der Waals surface area (Å²) in [5, 5.41) is 8.34. The first-order valence-electron chi connectivity index (χ1n) is 11.0. The zero-order valence-corrected chi connectivity index (χ0v) is 19.0. The molecule has 2 heterocycles. The molecule has 1 aliphatic rings. The van der Waals surface area contributed by atoms with E-state index in [0.29, 0.717) is 22.3 Å². The number of benzene rings is 2. The molecule has 4 aromatic rings. The largest absolute Gasteiger partial charge is 0.320 e. The topological polar surface area (TPSA) is 46.3 Å². The molecule has 0 amide bonds. The van der Waals surface area contributed by atoms with Gasteiger partial charge in [0.2, 0.25) is 0 Å². The van der Waals surface area contributed by atoms with Crippen LogP contribution in [0.15, 0.2) is 42.5 Å². The Kier molecular flexibility index (Phi) is 5.30. The van der Waals surface area contributed by atoms with Crippen LogP contribution in [0.25, 0.3) is 22.3 Å².